The van der Waals surface area contributed by atoms with Gasteiger partial charge in [0.25, 0.3) is 5.95 Å². The molecule has 0 bridgehead atoms. The second-order valence-electron chi connectivity index (χ2n) is 3.87. The second kappa shape index (κ2) is 5.21. The first-order valence-electron chi connectivity index (χ1n) is 5.69. The molecule has 0 aliphatic rings. The molecule has 9 heteroatoms. The highest BCUT2D eigenvalue weighted by molar-refractivity contribution is 7.99. The molecule has 0 fully saturated rings. The van der Waals surface area contributed by atoms with Crippen molar-refractivity contribution in [3.05, 3.63) is 36.4 Å². The van der Waals surface area contributed by atoms with Crippen molar-refractivity contribution in [2.45, 2.75) is 17.2 Å². The van der Waals surface area contributed by atoms with E-state index in [1.54, 1.807) is 30.9 Å². The van der Waals surface area contributed by atoms with Crippen molar-refractivity contribution in [2.24, 2.45) is 0 Å². The van der Waals surface area contributed by atoms with Gasteiger partial charge >= 0.3 is 0 Å². The van der Waals surface area contributed by atoms with Crippen molar-refractivity contribution in [1.29, 1.82) is 0 Å². The minimum atomic E-state index is 0.125. The highest BCUT2D eigenvalue weighted by atomic mass is 32.2. The first kappa shape index (κ1) is 12.5. The van der Waals surface area contributed by atoms with Crippen LogP contribution in [0.5, 0.6) is 0 Å². The van der Waals surface area contributed by atoms with Crippen LogP contribution in [0.1, 0.15) is 5.56 Å². The van der Waals surface area contributed by atoms with Crippen molar-refractivity contribution >= 4 is 17.7 Å². The Morgan fingerprint density at radius 2 is 1.90 bits per heavy atom. The third kappa shape index (κ3) is 2.72. The Morgan fingerprint density at radius 1 is 1.10 bits per heavy atom. The minimum Gasteiger partial charge on any atom is -0.368 e. The quantitative estimate of drug-likeness (QED) is 0.707. The number of aromatic nitrogens is 7. The molecule has 3 aromatic rings. The van der Waals surface area contributed by atoms with E-state index in [1.165, 1.54) is 16.4 Å². The Morgan fingerprint density at radius 3 is 2.60 bits per heavy atom. The molecular formula is C11H10N8S. The molecule has 8 nitrogen and oxygen atoms in total. The SMILES string of the molecule is Cc1cnc(Sc2nc(N)nc(-n3cccn3)n2)nc1. The van der Waals surface area contributed by atoms with E-state index in [1.807, 2.05) is 6.92 Å². The zero-order valence-corrected chi connectivity index (χ0v) is 11.3. The Hall–Kier alpha value is -2.55. The molecule has 2 N–H and O–H groups in total. The van der Waals surface area contributed by atoms with Crippen LogP contribution in [0.3, 0.4) is 0 Å². The first-order valence-corrected chi connectivity index (χ1v) is 6.50. The molecule has 0 aliphatic carbocycles. The van der Waals surface area contributed by atoms with E-state index in [2.05, 4.69) is 30.0 Å². The zero-order chi connectivity index (χ0) is 13.9. The van der Waals surface area contributed by atoms with E-state index in [0.29, 0.717) is 16.3 Å². The van der Waals surface area contributed by atoms with Crippen LogP contribution in [0, 0.1) is 6.92 Å². The summed E-state index contributed by atoms with van der Waals surface area (Å²) in [6.45, 7) is 1.92. The van der Waals surface area contributed by atoms with Crippen molar-refractivity contribution in [3.63, 3.8) is 0 Å². The predicted molar refractivity (Wildman–Crippen MR) is 72.3 cm³/mol. The highest BCUT2D eigenvalue weighted by Gasteiger charge is 2.09. The molecule has 0 saturated heterocycles. The largest absolute Gasteiger partial charge is 0.368 e. The average Bonchev–Trinajstić information content (AvgIpc) is 2.95. The van der Waals surface area contributed by atoms with Crippen molar-refractivity contribution in [3.8, 4) is 5.95 Å². The highest BCUT2D eigenvalue weighted by Crippen LogP contribution is 2.21. The zero-order valence-electron chi connectivity index (χ0n) is 10.5. The monoisotopic (exact) mass is 286 g/mol. The Labute approximate surface area is 118 Å². The summed E-state index contributed by atoms with van der Waals surface area (Å²) in [6.07, 6.45) is 6.82. The number of hydrogen-bond acceptors (Lipinski definition) is 8. The molecule has 0 unspecified atom stereocenters. The fourth-order valence-corrected chi connectivity index (χ4v) is 2.05. The third-order valence-corrected chi connectivity index (χ3v) is 3.03. The lowest BCUT2D eigenvalue weighted by atomic mass is 10.4. The van der Waals surface area contributed by atoms with Crippen LogP contribution in [0.25, 0.3) is 5.95 Å². The summed E-state index contributed by atoms with van der Waals surface area (Å²) in [5.41, 5.74) is 6.67. The van der Waals surface area contributed by atoms with Crippen LogP contribution in [0.15, 0.2) is 41.2 Å². The number of nitrogens with zero attached hydrogens (tertiary/aromatic N) is 7. The number of rotatable bonds is 3. The molecule has 0 aromatic carbocycles. The van der Waals surface area contributed by atoms with Gasteiger partial charge in [-0.15, -0.1) is 0 Å². The standard InChI is InChI=1S/C11H10N8S/c1-7-5-13-10(14-6-7)20-11-17-8(12)16-9(18-11)19-4-2-3-15-19/h2-6H,1H3,(H2,12,16,17,18). The molecule has 0 spiro atoms. The van der Waals surface area contributed by atoms with Gasteiger partial charge < -0.3 is 5.73 Å². The van der Waals surface area contributed by atoms with E-state index in [0.717, 1.165) is 5.56 Å². The number of nitrogen functional groups attached to an aromatic ring is 1. The molecule has 0 saturated carbocycles. The molecule has 0 amide bonds. The summed E-state index contributed by atoms with van der Waals surface area (Å²) >= 11 is 1.22. The van der Waals surface area contributed by atoms with E-state index >= 15 is 0 Å². The molecule has 0 aliphatic heterocycles. The lowest BCUT2D eigenvalue weighted by Crippen LogP contribution is -2.07. The van der Waals surface area contributed by atoms with Crippen LogP contribution >= 0.6 is 11.8 Å². The number of anilines is 1. The van der Waals surface area contributed by atoms with Crippen molar-refractivity contribution < 1.29 is 0 Å². The van der Waals surface area contributed by atoms with Crippen LogP contribution in [-0.4, -0.2) is 34.7 Å². The topological polar surface area (TPSA) is 108 Å². The van der Waals surface area contributed by atoms with Crippen molar-refractivity contribution in [2.75, 3.05) is 5.73 Å². The molecule has 100 valence electrons. The van der Waals surface area contributed by atoms with E-state index in [4.69, 9.17) is 5.73 Å². The van der Waals surface area contributed by atoms with Gasteiger partial charge in [-0.1, -0.05) is 0 Å². The second-order valence-corrected chi connectivity index (χ2v) is 4.81. The molecule has 3 heterocycles. The van der Waals surface area contributed by atoms with Gasteiger partial charge in [-0.05, 0) is 30.3 Å². The van der Waals surface area contributed by atoms with Crippen LogP contribution in [0.2, 0.25) is 0 Å². The maximum atomic E-state index is 5.69. The lowest BCUT2D eigenvalue weighted by molar-refractivity contribution is 0.763. The van der Waals surface area contributed by atoms with E-state index < -0.39 is 0 Å². The Balaban J connectivity index is 1.92. The minimum absolute atomic E-state index is 0.125. The van der Waals surface area contributed by atoms with Gasteiger partial charge in [0.15, 0.2) is 5.16 Å². The van der Waals surface area contributed by atoms with E-state index in [9.17, 15) is 0 Å². The molecule has 3 rings (SSSR count). The maximum Gasteiger partial charge on any atom is 0.256 e. The Kier molecular flexibility index (Phi) is 3.25. The van der Waals surface area contributed by atoms with Gasteiger partial charge in [-0.2, -0.15) is 20.1 Å². The fraction of sp³-hybridized carbons (Fsp3) is 0.0909. The molecule has 20 heavy (non-hydrogen) atoms. The van der Waals surface area contributed by atoms with Gasteiger partial charge in [0.05, 0.1) is 0 Å². The lowest BCUT2D eigenvalue weighted by Gasteiger charge is -2.03. The summed E-state index contributed by atoms with van der Waals surface area (Å²) in [4.78, 5) is 20.7. The Bertz CT molecular complexity index is 710. The number of hydrogen-bond donors (Lipinski definition) is 1. The number of nitrogens with two attached hydrogens (primary N) is 1. The summed E-state index contributed by atoms with van der Waals surface area (Å²) in [7, 11) is 0. The fourth-order valence-electron chi connectivity index (χ4n) is 1.41. The normalized spacial score (nSPS) is 10.7. The smallest absolute Gasteiger partial charge is 0.256 e. The summed E-state index contributed by atoms with van der Waals surface area (Å²) < 4.78 is 1.51. The van der Waals surface area contributed by atoms with Gasteiger partial charge in [-0.3, -0.25) is 0 Å². The molecular weight excluding hydrogens is 276 g/mol. The molecule has 0 radical (unpaired) electrons. The summed E-state index contributed by atoms with van der Waals surface area (Å²) in [5, 5.41) is 5.03. The third-order valence-electron chi connectivity index (χ3n) is 2.27. The van der Waals surface area contributed by atoms with E-state index in [-0.39, 0.29) is 5.95 Å². The van der Waals surface area contributed by atoms with Crippen LogP contribution in [-0.2, 0) is 0 Å². The van der Waals surface area contributed by atoms with Gasteiger partial charge in [0, 0.05) is 24.8 Å². The molecule has 3 aromatic heterocycles. The van der Waals surface area contributed by atoms with Gasteiger partial charge in [-0.25, -0.2) is 14.6 Å². The van der Waals surface area contributed by atoms with Gasteiger partial charge in [0.1, 0.15) is 0 Å². The maximum absolute atomic E-state index is 5.69. The predicted octanol–water partition coefficient (Wildman–Crippen LogP) is 0.889. The average molecular weight is 286 g/mol. The summed E-state index contributed by atoms with van der Waals surface area (Å²) in [5.74, 6) is 0.484. The first-order chi connectivity index (χ1) is 9.70. The van der Waals surface area contributed by atoms with Gasteiger partial charge in [0.2, 0.25) is 11.1 Å². The van der Waals surface area contributed by atoms with Crippen molar-refractivity contribution in [1.82, 2.24) is 34.7 Å². The van der Waals surface area contributed by atoms with Crippen LogP contribution < -0.4 is 5.73 Å². The summed E-state index contributed by atoms with van der Waals surface area (Å²) in [6, 6.07) is 1.77. The van der Waals surface area contributed by atoms with Crippen LogP contribution in [0.4, 0.5) is 5.95 Å². The molecule has 0 atom stereocenters. The number of aryl methyl sites for hydroxylation is 1.